The van der Waals surface area contributed by atoms with Crippen LogP contribution in [0.25, 0.3) is 0 Å². The smallest absolute Gasteiger partial charge is 0.250 e. The van der Waals surface area contributed by atoms with Crippen molar-refractivity contribution in [3.8, 4) is 0 Å². The fourth-order valence-electron chi connectivity index (χ4n) is 2.35. The monoisotopic (exact) mass is 280 g/mol. The SMILES string of the molecule is CCC1NC(=O)C(CC)N(c2cccc(Cl)c2)C1=O. The Labute approximate surface area is 117 Å². The van der Waals surface area contributed by atoms with Crippen molar-refractivity contribution in [3.63, 3.8) is 0 Å². The second kappa shape index (κ2) is 5.61. The zero-order chi connectivity index (χ0) is 14.0. The van der Waals surface area contributed by atoms with Crippen LogP contribution in [0.15, 0.2) is 24.3 Å². The number of amides is 2. The van der Waals surface area contributed by atoms with Crippen LogP contribution in [0.4, 0.5) is 5.69 Å². The molecule has 0 saturated carbocycles. The molecule has 2 unspecified atom stereocenters. The summed E-state index contributed by atoms with van der Waals surface area (Å²) in [5.41, 5.74) is 0.678. The van der Waals surface area contributed by atoms with Crippen molar-refractivity contribution in [2.75, 3.05) is 4.90 Å². The number of hydrogen-bond acceptors (Lipinski definition) is 2. The normalized spacial score (nSPS) is 23.4. The Morgan fingerprint density at radius 1 is 1.26 bits per heavy atom. The maximum Gasteiger partial charge on any atom is 0.250 e. The van der Waals surface area contributed by atoms with E-state index in [0.29, 0.717) is 23.6 Å². The summed E-state index contributed by atoms with van der Waals surface area (Å²) in [6.45, 7) is 3.77. The molecule has 2 rings (SSSR count). The summed E-state index contributed by atoms with van der Waals surface area (Å²) >= 11 is 5.97. The topological polar surface area (TPSA) is 49.4 Å². The summed E-state index contributed by atoms with van der Waals surface area (Å²) in [7, 11) is 0. The number of nitrogens with zero attached hydrogens (tertiary/aromatic N) is 1. The lowest BCUT2D eigenvalue weighted by Gasteiger charge is -2.38. The van der Waals surface area contributed by atoms with Gasteiger partial charge >= 0.3 is 0 Å². The van der Waals surface area contributed by atoms with Gasteiger partial charge in [-0.15, -0.1) is 0 Å². The number of hydrogen-bond donors (Lipinski definition) is 1. The highest BCUT2D eigenvalue weighted by atomic mass is 35.5. The molecule has 0 aromatic heterocycles. The third kappa shape index (κ3) is 2.59. The van der Waals surface area contributed by atoms with Gasteiger partial charge in [-0.25, -0.2) is 0 Å². The summed E-state index contributed by atoms with van der Waals surface area (Å²) in [6, 6.07) is 6.14. The molecule has 0 aliphatic carbocycles. The first-order chi connectivity index (χ1) is 9.08. The fourth-order valence-corrected chi connectivity index (χ4v) is 2.53. The first kappa shape index (κ1) is 13.9. The predicted molar refractivity (Wildman–Crippen MR) is 75.2 cm³/mol. The van der Waals surface area contributed by atoms with Crippen molar-refractivity contribution in [1.29, 1.82) is 0 Å². The summed E-state index contributed by atoms with van der Waals surface area (Å²) in [5.74, 6) is -0.176. The molecule has 1 saturated heterocycles. The number of piperazine rings is 1. The Hall–Kier alpha value is -1.55. The van der Waals surface area contributed by atoms with Crippen molar-refractivity contribution in [2.45, 2.75) is 38.8 Å². The van der Waals surface area contributed by atoms with Crippen LogP contribution in [-0.4, -0.2) is 23.9 Å². The van der Waals surface area contributed by atoms with E-state index in [1.54, 1.807) is 29.2 Å². The van der Waals surface area contributed by atoms with Crippen molar-refractivity contribution in [3.05, 3.63) is 29.3 Å². The molecule has 2 atom stereocenters. The molecule has 4 nitrogen and oxygen atoms in total. The highest BCUT2D eigenvalue weighted by Crippen LogP contribution is 2.26. The first-order valence-electron chi connectivity index (χ1n) is 6.47. The van der Waals surface area contributed by atoms with E-state index in [1.165, 1.54) is 0 Å². The van der Waals surface area contributed by atoms with Crippen molar-refractivity contribution in [1.82, 2.24) is 5.32 Å². The summed E-state index contributed by atoms with van der Waals surface area (Å²) < 4.78 is 0. The van der Waals surface area contributed by atoms with E-state index >= 15 is 0 Å². The number of carbonyl (C=O) groups is 2. The first-order valence-corrected chi connectivity index (χ1v) is 6.85. The molecule has 1 fully saturated rings. The molecule has 0 spiro atoms. The average molecular weight is 281 g/mol. The fraction of sp³-hybridized carbons (Fsp3) is 0.429. The van der Waals surface area contributed by atoms with E-state index in [2.05, 4.69) is 5.32 Å². The predicted octanol–water partition coefficient (Wildman–Crippen LogP) is 2.36. The van der Waals surface area contributed by atoms with Gasteiger partial charge in [0.15, 0.2) is 0 Å². The van der Waals surface area contributed by atoms with Gasteiger partial charge < -0.3 is 5.32 Å². The molecule has 102 valence electrons. The molecule has 0 bridgehead atoms. The molecular weight excluding hydrogens is 264 g/mol. The molecule has 0 radical (unpaired) electrons. The van der Waals surface area contributed by atoms with Gasteiger partial charge in [-0.05, 0) is 31.0 Å². The van der Waals surface area contributed by atoms with E-state index in [0.717, 1.165) is 0 Å². The summed E-state index contributed by atoms with van der Waals surface area (Å²) in [6.07, 6.45) is 1.15. The van der Waals surface area contributed by atoms with E-state index in [4.69, 9.17) is 11.6 Å². The van der Waals surface area contributed by atoms with Crippen molar-refractivity contribution < 1.29 is 9.59 Å². The van der Waals surface area contributed by atoms with Crippen LogP contribution in [0, 0.1) is 0 Å². The Balaban J connectivity index is 2.42. The largest absolute Gasteiger partial charge is 0.342 e. The second-order valence-electron chi connectivity index (χ2n) is 4.58. The van der Waals surface area contributed by atoms with Gasteiger partial charge in [-0.1, -0.05) is 31.5 Å². The van der Waals surface area contributed by atoms with Gasteiger partial charge in [0.05, 0.1) is 0 Å². The molecule has 1 aliphatic rings. The van der Waals surface area contributed by atoms with Gasteiger partial charge in [-0.3, -0.25) is 14.5 Å². The summed E-state index contributed by atoms with van der Waals surface area (Å²) in [5, 5.41) is 3.32. The maximum atomic E-state index is 12.5. The Kier molecular flexibility index (Phi) is 4.10. The summed E-state index contributed by atoms with van der Waals surface area (Å²) in [4.78, 5) is 26.1. The minimum atomic E-state index is -0.464. The number of carbonyl (C=O) groups excluding carboxylic acids is 2. The van der Waals surface area contributed by atoms with Gasteiger partial charge in [0.2, 0.25) is 11.8 Å². The third-order valence-electron chi connectivity index (χ3n) is 3.35. The van der Waals surface area contributed by atoms with Crippen LogP contribution < -0.4 is 10.2 Å². The quantitative estimate of drug-likeness (QED) is 0.924. The van der Waals surface area contributed by atoms with E-state index in [1.807, 2.05) is 13.8 Å². The standard InChI is InChI=1S/C14H17ClN2O2/c1-3-11-14(19)17(12(4-2)13(18)16-11)10-7-5-6-9(15)8-10/h5-8,11-12H,3-4H2,1-2H3,(H,16,18). The van der Waals surface area contributed by atoms with Crippen molar-refractivity contribution in [2.24, 2.45) is 0 Å². The van der Waals surface area contributed by atoms with Gasteiger partial charge in [0, 0.05) is 10.7 Å². The zero-order valence-electron chi connectivity index (χ0n) is 11.0. The van der Waals surface area contributed by atoms with Crippen LogP contribution in [0.1, 0.15) is 26.7 Å². The lowest BCUT2D eigenvalue weighted by molar-refractivity contribution is -0.134. The Morgan fingerprint density at radius 2 is 2.00 bits per heavy atom. The lowest BCUT2D eigenvalue weighted by Crippen LogP contribution is -2.63. The van der Waals surface area contributed by atoms with E-state index in [-0.39, 0.29) is 11.8 Å². The maximum absolute atomic E-state index is 12.5. The van der Waals surface area contributed by atoms with Crippen LogP contribution in [0.5, 0.6) is 0 Å². The number of rotatable bonds is 3. The zero-order valence-corrected chi connectivity index (χ0v) is 11.8. The number of anilines is 1. The number of halogens is 1. The molecule has 1 aromatic rings. The molecule has 1 aromatic carbocycles. The second-order valence-corrected chi connectivity index (χ2v) is 5.02. The van der Waals surface area contributed by atoms with Crippen LogP contribution >= 0.6 is 11.6 Å². The van der Waals surface area contributed by atoms with E-state index in [9.17, 15) is 9.59 Å². The van der Waals surface area contributed by atoms with Gasteiger partial charge in [0.1, 0.15) is 12.1 Å². The minimum absolute atomic E-state index is 0.0729. The van der Waals surface area contributed by atoms with E-state index < -0.39 is 12.1 Å². The lowest BCUT2D eigenvalue weighted by atomic mass is 10.0. The molecule has 2 amide bonds. The molecule has 5 heteroatoms. The van der Waals surface area contributed by atoms with Crippen LogP contribution in [0.3, 0.4) is 0 Å². The van der Waals surface area contributed by atoms with Crippen LogP contribution in [0.2, 0.25) is 5.02 Å². The third-order valence-corrected chi connectivity index (χ3v) is 3.58. The van der Waals surface area contributed by atoms with Crippen molar-refractivity contribution >= 4 is 29.1 Å². The van der Waals surface area contributed by atoms with Gasteiger partial charge in [0.25, 0.3) is 0 Å². The molecule has 19 heavy (non-hydrogen) atoms. The number of benzene rings is 1. The van der Waals surface area contributed by atoms with Gasteiger partial charge in [-0.2, -0.15) is 0 Å². The minimum Gasteiger partial charge on any atom is -0.342 e. The molecule has 1 N–H and O–H groups in total. The highest BCUT2D eigenvalue weighted by molar-refractivity contribution is 6.31. The molecule has 1 heterocycles. The Morgan fingerprint density at radius 3 is 2.58 bits per heavy atom. The van der Waals surface area contributed by atoms with Crippen LogP contribution in [-0.2, 0) is 9.59 Å². The Bertz CT molecular complexity index is 504. The number of nitrogens with one attached hydrogen (secondary N) is 1. The average Bonchev–Trinajstić information content (AvgIpc) is 2.40. The molecule has 1 aliphatic heterocycles. The molecular formula is C14H17ClN2O2. The highest BCUT2D eigenvalue weighted by Gasteiger charge is 2.39.